The largest absolute Gasteiger partial charge is 0.369 e. The Hall–Kier alpha value is -2.76. The van der Waals surface area contributed by atoms with Crippen LogP contribution in [-0.2, 0) is 11.2 Å². The van der Waals surface area contributed by atoms with Gasteiger partial charge in [-0.05, 0) is 36.2 Å². The third kappa shape index (κ3) is 4.37. The van der Waals surface area contributed by atoms with Gasteiger partial charge in [-0.15, -0.1) is 0 Å². The Morgan fingerprint density at radius 3 is 2.36 bits per heavy atom. The fourth-order valence-corrected chi connectivity index (χ4v) is 2.00. The van der Waals surface area contributed by atoms with Crippen LogP contribution in [0.3, 0.4) is 0 Å². The number of benzene rings is 1. The average Bonchev–Trinajstić information content (AvgIpc) is 2.53. The van der Waals surface area contributed by atoms with Crippen LogP contribution in [-0.4, -0.2) is 23.3 Å². The smallest absolute Gasteiger partial charge is 0.251 e. The minimum atomic E-state index is -0.559. The summed E-state index contributed by atoms with van der Waals surface area (Å²) >= 11 is 0. The van der Waals surface area contributed by atoms with Crippen molar-refractivity contribution in [2.75, 3.05) is 6.54 Å². The van der Waals surface area contributed by atoms with E-state index in [0.717, 1.165) is 5.56 Å². The highest BCUT2D eigenvalue weighted by Gasteiger charge is 2.17. The predicted molar refractivity (Wildman–Crippen MR) is 79.4 cm³/mol. The van der Waals surface area contributed by atoms with Gasteiger partial charge in [-0.25, -0.2) is 4.39 Å². The molecule has 0 fully saturated rings. The van der Waals surface area contributed by atoms with Crippen molar-refractivity contribution in [2.24, 2.45) is 11.7 Å². The molecule has 0 aliphatic rings. The molecule has 2 amide bonds. The molecule has 2 rings (SSSR count). The maximum Gasteiger partial charge on any atom is 0.251 e. The summed E-state index contributed by atoms with van der Waals surface area (Å²) in [5, 5.41) is 2.67. The summed E-state index contributed by atoms with van der Waals surface area (Å²) < 4.78 is 12.9. The maximum absolute atomic E-state index is 12.9. The summed E-state index contributed by atoms with van der Waals surface area (Å²) in [6.07, 6.45) is 3.37. The number of aromatic nitrogens is 1. The van der Waals surface area contributed by atoms with Gasteiger partial charge in [0.25, 0.3) is 5.91 Å². The van der Waals surface area contributed by atoms with Crippen LogP contribution in [0.1, 0.15) is 15.9 Å². The predicted octanol–water partition coefficient (Wildman–Crippen LogP) is 1.29. The van der Waals surface area contributed by atoms with Crippen LogP contribution >= 0.6 is 0 Å². The number of nitrogens with zero attached hydrogens (tertiary/aromatic N) is 1. The second kappa shape index (κ2) is 7.31. The maximum atomic E-state index is 12.9. The van der Waals surface area contributed by atoms with E-state index in [0.29, 0.717) is 12.0 Å². The Bertz CT molecular complexity index is 644. The zero-order valence-corrected chi connectivity index (χ0v) is 11.8. The minimum Gasteiger partial charge on any atom is -0.369 e. The molecule has 114 valence electrons. The van der Waals surface area contributed by atoms with Crippen LogP contribution in [0.2, 0.25) is 0 Å². The lowest BCUT2D eigenvalue weighted by molar-refractivity contribution is -0.121. The first-order chi connectivity index (χ1) is 10.6. The fraction of sp³-hybridized carbons (Fsp3) is 0.188. The summed E-state index contributed by atoms with van der Waals surface area (Å²) in [5.74, 6) is -1.71. The lowest BCUT2D eigenvalue weighted by Gasteiger charge is -2.14. The number of hydrogen-bond donors (Lipinski definition) is 2. The highest BCUT2D eigenvalue weighted by molar-refractivity contribution is 5.94. The number of carbonyl (C=O) groups excluding carboxylic acids is 2. The molecule has 0 spiro atoms. The van der Waals surface area contributed by atoms with Crippen LogP contribution in [0.5, 0.6) is 0 Å². The van der Waals surface area contributed by atoms with Gasteiger partial charge >= 0.3 is 0 Å². The van der Waals surface area contributed by atoms with E-state index in [4.69, 9.17) is 5.73 Å². The SMILES string of the molecule is NC(=O)[C@@H](CNC(=O)c1ccncc1)Cc1ccc(F)cc1. The molecule has 22 heavy (non-hydrogen) atoms. The number of carbonyl (C=O) groups is 2. The molecule has 0 saturated carbocycles. The van der Waals surface area contributed by atoms with Crippen LogP contribution in [0.15, 0.2) is 48.8 Å². The lowest BCUT2D eigenvalue weighted by Crippen LogP contribution is -2.37. The van der Waals surface area contributed by atoms with E-state index in [-0.39, 0.29) is 18.3 Å². The highest BCUT2D eigenvalue weighted by Crippen LogP contribution is 2.10. The first-order valence-corrected chi connectivity index (χ1v) is 6.78. The summed E-state index contributed by atoms with van der Waals surface area (Å²) in [4.78, 5) is 27.3. The second-order valence-electron chi connectivity index (χ2n) is 4.88. The number of amides is 2. The summed E-state index contributed by atoms with van der Waals surface area (Å²) in [6, 6.07) is 8.99. The molecule has 0 unspecified atom stereocenters. The molecule has 5 nitrogen and oxygen atoms in total. The first kappa shape index (κ1) is 15.6. The molecule has 0 radical (unpaired) electrons. The van der Waals surface area contributed by atoms with Crippen LogP contribution < -0.4 is 11.1 Å². The molecule has 0 bridgehead atoms. The van der Waals surface area contributed by atoms with Crippen molar-refractivity contribution >= 4 is 11.8 Å². The van der Waals surface area contributed by atoms with Crippen molar-refractivity contribution < 1.29 is 14.0 Å². The number of rotatable bonds is 6. The Kier molecular flexibility index (Phi) is 5.19. The van der Waals surface area contributed by atoms with Gasteiger partial charge in [0, 0.05) is 24.5 Å². The Morgan fingerprint density at radius 2 is 1.77 bits per heavy atom. The standard InChI is InChI=1S/C16H16FN3O2/c17-14-3-1-11(2-4-14)9-13(15(18)21)10-20-16(22)12-5-7-19-8-6-12/h1-8,13H,9-10H2,(H2,18,21)(H,20,22)/t13-/m1/s1. The molecule has 3 N–H and O–H groups in total. The van der Waals surface area contributed by atoms with E-state index in [2.05, 4.69) is 10.3 Å². The van der Waals surface area contributed by atoms with Gasteiger partial charge in [-0.1, -0.05) is 12.1 Å². The van der Waals surface area contributed by atoms with Gasteiger partial charge < -0.3 is 11.1 Å². The summed E-state index contributed by atoms with van der Waals surface area (Å²) in [7, 11) is 0. The summed E-state index contributed by atoms with van der Waals surface area (Å²) in [5.41, 5.74) is 6.60. The van der Waals surface area contributed by atoms with Gasteiger partial charge in [0.05, 0.1) is 5.92 Å². The van der Waals surface area contributed by atoms with E-state index in [1.54, 1.807) is 24.3 Å². The van der Waals surface area contributed by atoms with Gasteiger partial charge in [-0.2, -0.15) is 0 Å². The molecular weight excluding hydrogens is 285 g/mol. The Morgan fingerprint density at radius 1 is 1.14 bits per heavy atom. The first-order valence-electron chi connectivity index (χ1n) is 6.78. The summed E-state index contributed by atoms with van der Waals surface area (Å²) in [6.45, 7) is 0.119. The molecule has 0 saturated heterocycles. The fourth-order valence-electron chi connectivity index (χ4n) is 2.00. The van der Waals surface area contributed by atoms with Crippen LogP contribution in [0.4, 0.5) is 4.39 Å². The highest BCUT2D eigenvalue weighted by atomic mass is 19.1. The van der Waals surface area contributed by atoms with Gasteiger partial charge in [0.15, 0.2) is 0 Å². The Balaban J connectivity index is 1.96. The Labute approximate surface area is 127 Å². The number of primary amides is 1. The van der Waals surface area contributed by atoms with Crippen molar-refractivity contribution in [1.82, 2.24) is 10.3 Å². The zero-order valence-electron chi connectivity index (χ0n) is 11.8. The molecule has 1 heterocycles. The van der Waals surface area contributed by atoms with Crippen LogP contribution in [0.25, 0.3) is 0 Å². The molecule has 6 heteroatoms. The molecular formula is C16H16FN3O2. The third-order valence-corrected chi connectivity index (χ3v) is 3.25. The molecule has 2 aromatic rings. The topological polar surface area (TPSA) is 85.1 Å². The van der Waals surface area contributed by atoms with Crippen molar-refractivity contribution in [3.63, 3.8) is 0 Å². The van der Waals surface area contributed by atoms with Gasteiger partial charge in [0.2, 0.25) is 5.91 Å². The van der Waals surface area contributed by atoms with E-state index in [1.807, 2.05) is 0 Å². The quantitative estimate of drug-likeness (QED) is 0.843. The molecule has 0 aliphatic heterocycles. The third-order valence-electron chi connectivity index (χ3n) is 3.25. The van der Waals surface area contributed by atoms with Crippen molar-refractivity contribution in [2.45, 2.75) is 6.42 Å². The second-order valence-corrected chi connectivity index (χ2v) is 4.88. The molecule has 0 aliphatic carbocycles. The van der Waals surface area contributed by atoms with Crippen molar-refractivity contribution in [1.29, 1.82) is 0 Å². The van der Waals surface area contributed by atoms with E-state index in [1.165, 1.54) is 24.5 Å². The van der Waals surface area contributed by atoms with Crippen LogP contribution in [0, 0.1) is 11.7 Å². The van der Waals surface area contributed by atoms with E-state index in [9.17, 15) is 14.0 Å². The lowest BCUT2D eigenvalue weighted by atomic mass is 9.98. The van der Waals surface area contributed by atoms with Gasteiger partial charge in [-0.3, -0.25) is 14.6 Å². The molecule has 1 atom stereocenters. The number of hydrogen-bond acceptors (Lipinski definition) is 3. The molecule has 1 aromatic heterocycles. The average molecular weight is 301 g/mol. The number of nitrogens with two attached hydrogens (primary N) is 1. The number of pyridine rings is 1. The van der Waals surface area contributed by atoms with Crippen molar-refractivity contribution in [3.8, 4) is 0 Å². The zero-order chi connectivity index (χ0) is 15.9. The van der Waals surface area contributed by atoms with Crippen molar-refractivity contribution in [3.05, 3.63) is 65.7 Å². The van der Waals surface area contributed by atoms with Gasteiger partial charge in [0.1, 0.15) is 5.82 Å². The number of halogens is 1. The molecule has 1 aromatic carbocycles. The monoisotopic (exact) mass is 301 g/mol. The minimum absolute atomic E-state index is 0.119. The van der Waals surface area contributed by atoms with E-state index < -0.39 is 11.8 Å². The van der Waals surface area contributed by atoms with E-state index >= 15 is 0 Å². The number of nitrogens with one attached hydrogen (secondary N) is 1. The normalized spacial score (nSPS) is 11.7.